The Bertz CT molecular complexity index is 492. The van der Waals surface area contributed by atoms with Gasteiger partial charge in [-0.25, -0.2) is 14.8 Å². The molecule has 0 aliphatic heterocycles. The fourth-order valence-corrected chi connectivity index (χ4v) is 1.46. The van der Waals surface area contributed by atoms with Crippen LogP contribution in [-0.2, 0) is 11.3 Å². The van der Waals surface area contributed by atoms with Crippen molar-refractivity contribution in [3.8, 4) is 0 Å². The molecule has 110 valence electrons. The molecular formula is C13H20N4O3. The molecule has 0 aromatic carbocycles. The molecule has 1 rings (SSSR count). The zero-order valence-corrected chi connectivity index (χ0v) is 11.9. The first kappa shape index (κ1) is 15.9. The van der Waals surface area contributed by atoms with Gasteiger partial charge in [-0.3, -0.25) is 4.79 Å². The average molecular weight is 280 g/mol. The van der Waals surface area contributed by atoms with E-state index in [1.165, 1.54) is 0 Å². The highest BCUT2D eigenvalue weighted by atomic mass is 16.4. The van der Waals surface area contributed by atoms with E-state index >= 15 is 0 Å². The monoisotopic (exact) mass is 280 g/mol. The molecule has 1 aromatic heterocycles. The summed E-state index contributed by atoms with van der Waals surface area (Å²) in [4.78, 5) is 30.8. The van der Waals surface area contributed by atoms with Crippen LogP contribution in [0.5, 0.6) is 0 Å². The predicted octanol–water partition coefficient (Wildman–Crippen LogP) is 1.09. The molecule has 0 aliphatic rings. The number of hydrogen-bond acceptors (Lipinski definition) is 4. The van der Waals surface area contributed by atoms with Crippen molar-refractivity contribution in [1.29, 1.82) is 0 Å². The van der Waals surface area contributed by atoms with Gasteiger partial charge in [0.1, 0.15) is 5.82 Å². The Balaban J connectivity index is 2.43. The Morgan fingerprint density at radius 1 is 1.40 bits per heavy atom. The smallest absolute Gasteiger partial charge is 0.315 e. The standard InChI is InChI=1S/C13H20N4O3/c1-4-13(3,11(18)19)8-16-12(20)15-7-10-5-6-14-9(2)17-10/h5-6H,4,7-8H2,1-3H3,(H,18,19)(H2,15,16,20). The lowest BCUT2D eigenvalue weighted by Gasteiger charge is -2.23. The summed E-state index contributed by atoms with van der Waals surface area (Å²) in [5.41, 5.74) is -0.257. The number of aryl methyl sites for hydroxylation is 1. The van der Waals surface area contributed by atoms with Crippen molar-refractivity contribution in [2.45, 2.75) is 33.7 Å². The number of hydrogen-bond donors (Lipinski definition) is 3. The molecule has 20 heavy (non-hydrogen) atoms. The Hall–Kier alpha value is -2.18. The molecule has 0 spiro atoms. The number of nitrogens with zero attached hydrogens (tertiary/aromatic N) is 2. The molecule has 1 aromatic rings. The number of urea groups is 1. The fourth-order valence-electron chi connectivity index (χ4n) is 1.46. The second-order valence-corrected chi connectivity index (χ2v) is 4.85. The number of carbonyl (C=O) groups is 2. The van der Waals surface area contributed by atoms with E-state index in [9.17, 15) is 9.59 Å². The van der Waals surface area contributed by atoms with E-state index in [4.69, 9.17) is 5.11 Å². The summed E-state index contributed by atoms with van der Waals surface area (Å²) in [6.45, 7) is 5.49. The normalized spacial score (nSPS) is 13.3. The van der Waals surface area contributed by atoms with Crippen molar-refractivity contribution in [2.75, 3.05) is 6.54 Å². The molecule has 1 atom stereocenters. The summed E-state index contributed by atoms with van der Waals surface area (Å²) >= 11 is 0. The lowest BCUT2D eigenvalue weighted by atomic mass is 9.88. The van der Waals surface area contributed by atoms with Crippen molar-refractivity contribution < 1.29 is 14.7 Å². The van der Waals surface area contributed by atoms with Crippen LogP contribution in [-0.4, -0.2) is 33.6 Å². The Kier molecular flexibility index (Phi) is 5.42. The molecule has 0 saturated heterocycles. The molecule has 7 heteroatoms. The minimum Gasteiger partial charge on any atom is -0.481 e. The molecule has 0 fully saturated rings. The van der Waals surface area contributed by atoms with E-state index in [0.29, 0.717) is 17.9 Å². The zero-order valence-electron chi connectivity index (χ0n) is 11.9. The SMILES string of the molecule is CCC(C)(CNC(=O)NCc1ccnc(C)n1)C(=O)O. The van der Waals surface area contributed by atoms with E-state index in [-0.39, 0.29) is 13.1 Å². The lowest BCUT2D eigenvalue weighted by Crippen LogP contribution is -2.44. The van der Waals surface area contributed by atoms with Crippen LogP contribution < -0.4 is 10.6 Å². The van der Waals surface area contributed by atoms with Crippen molar-refractivity contribution in [3.63, 3.8) is 0 Å². The Labute approximate surface area is 117 Å². The Morgan fingerprint density at radius 3 is 2.65 bits per heavy atom. The first-order valence-electron chi connectivity index (χ1n) is 6.41. The minimum absolute atomic E-state index is 0.0769. The third-order valence-electron chi connectivity index (χ3n) is 3.20. The maximum absolute atomic E-state index is 11.6. The van der Waals surface area contributed by atoms with Crippen LogP contribution >= 0.6 is 0 Å². The molecule has 1 heterocycles. The van der Waals surface area contributed by atoms with Gasteiger partial charge < -0.3 is 15.7 Å². The molecule has 0 bridgehead atoms. The second kappa shape index (κ2) is 6.83. The molecule has 2 amide bonds. The van der Waals surface area contributed by atoms with E-state index in [0.717, 1.165) is 0 Å². The third-order valence-corrected chi connectivity index (χ3v) is 3.20. The topological polar surface area (TPSA) is 104 Å². The van der Waals surface area contributed by atoms with Gasteiger partial charge in [0.15, 0.2) is 0 Å². The second-order valence-electron chi connectivity index (χ2n) is 4.85. The van der Waals surface area contributed by atoms with E-state index in [2.05, 4.69) is 20.6 Å². The molecule has 7 nitrogen and oxygen atoms in total. The van der Waals surface area contributed by atoms with Gasteiger partial charge in [-0.15, -0.1) is 0 Å². The molecule has 3 N–H and O–H groups in total. The summed E-state index contributed by atoms with van der Waals surface area (Å²) < 4.78 is 0. The van der Waals surface area contributed by atoms with Crippen LogP contribution in [0, 0.1) is 12.3 Å². The first-order valence-corrected chi connectivity index (χ1v) is 6.41. The van der Waals surface area contributed by atoms with Gasteiger partial charge in [0.2, 0.25) is 0 Å². The highest BCUT2D eigenvalue weighted by Crippen LogP contribution is 2.19. The van der Waals surface area contributed by atoms with Gasteiger partial charge in [-0.1, -0.05) is 6.92 Å². The number of rotatable bonds is 6. The summed E-state index contributed by atoms with van der Waals surface area (Å²) in [7, 11) is 0. The summed E-state index contributed by atoms with van der Waals surface area (Å²) in [6.07, 6.45) is 2.06. The van der Waals surface area contributed by atoms with Crippen LogP contribution in [0.15, 0.2) is 12.3 Å². The van der Waals surface area contributed by atoms with Crippen molar-refractivity contribution in [3.05, 3.63) is 23.8 Å². The summed E-state index contributed by atoms with van der Waals surface area (Å²) in [6, 6.07) is 1.29. The van der Waals surface area contributed by atoms with Crippen molar-refractivity contribution in [1.82, 2.24) is 20.6 Å². The van der Waals surface area contributed by atoms with E-state index < -0.39 is 17.4 Å². The van der Waals surface area contributed by atoms with Gasteiger partial charge in [-0.05, 0) is 26.3 Å². The maximum Gasteiger partial charge on any atom is 0.315 e. The summed E-state index contributed by atoms with van der Waals surface area (Å²) in [5, 5.41) is 14.3. The third kappa shape index (κ3) is 4.49. The van der Waals surface area contributed by atoms with Crippen molar-refractivity contribution in [2.24, 2.45) is 5.41 Å². The van der Waals surface area contributed by atoms with E-state index in [1.54, 1.807) is 33.0 Å². The number of amides is 2. The molecule has 0 saturated carbocycles. The summed E-state index contributed by atoms with van der Waals surface area (Å²) in [5.74, 6) is -0.291. The highest BCUT2D eigenvalue weighted by Gasteiger charge is 2.31. The van der Waals surface area contributed by atoms with Gasteiger partial charge in [0.05, 0.1) is 17.7 Å². The molecule has 0 aliphatic carbocycles. The average Bonchev–Trinajstić information content (AvgIpc) is 2.42. The lowest BCUT2D eigenvalue weighted by molar-refractivity contribution is -0.147. The zero-order chi connectivity index (χ0) is 15.2. The van der Waals surface area contributed by atoms with Gasteiger partial charge in [0, 0.05) is 12.7 Å². The number of carboxylic acids is 1. The fraction of sp³-hybridized carbons (Fsp3) is 0.538. The van der Waals surface area contributed by atoms with Gasteiger partial charge >= 0.3 is 12.0 Å². The van der Waals surface area contributed by atoms with E-state index in [1.807, 2.05) is 0 Å². The van der Waals surface area contributed by atoms with Crippen LogP contribution in [0.25, 0.3) is 0 Å². The molecule has 1 unspecified atom stereocenters. The number of carboxylic acid groups (broad SMARTS) is 1. The molecular weight excluding hydrogens is 260 g/mol. The maximum atomic E-state index is 11.6. The first-order chi connectivity index (χ1) is 9.37. The largest absolute Gasteiger partial charge is 0.481 e. The number of aromatic nitrogens is 2. The quantitative estimate of drug-likeness (QED) is 0.723. The molecule has 0 radical (unpaired) electrons. The minimum atomic E-state index is -0.956. The van der Waals surface area contributed by atoms with Crippen LogP contribution in [0.3, 0.4) is 0 Å². The van der Waals surface area contributed by atoms with Crippen LogP contribution in [0.1, 0.15) is 31.8 Å². The van der Waals surface area contributed by atoms with Crippen molar-refractivity contribution >= 4 is 12.0 Å². The Morgan fingerprint density at radius 2 is 2.10 bits per heavy atom. The number of aliphatic carboxylic acids is 1. The van der Waals surface area contributed by atoms with Gasteiger partial charge in [-0.2, -0.15) is 0 Å². The van der Waals surface area contributed by atoms with Gasteiger partial charge in [0.25, 0.3) is 0 Å². The number of carbonyl (C=O) groups excluding carboxylic acids is 1. The highest BCUT2D eigenvalue weighted by molar-refractivity contribution is 5.77. The number of nitrogens with one attached hydrogen (secondary N) is 2. The van der Waals surface area contributed by atoms with Crippen LogP contribution in [0.4, 0.5) is 4.79 Å². The predicted molar refractivity (Wildman–Crippen MR) is 73.0 cm³/mol. The van der Waals surface area contributed by atoms with Crippen LogP contribution in [0.2, 0.25) is 0 Å².